The average molecular weight is 1060 g/mol. The summed E-state index contributed by atoms with van der Waals surface area (Å²) in [6.45, 7) is 9.04. The van der Waals surface area contributed by atoms with Crippen molar-refractivity contribution in [3.8, 4) is 23.7 Å². The van der Waals surface area contributed by atoms with Gasteiger partial charge in [0.25, 0.3) is 0 Å². The molecule has 0 aromatic heterocycles. The van der Waals surface area contributed by atoms with Crippen LogP contribution in [0.15, 0.2) is 58.5 Å². The van der Waals surface area contributed by atoms with E-state index < -0.39 is 0 Å². The van der Waals surface area contributed by atoms with Gasteiger partial charge in [0, 0.05) is 42.2 Å². The molecule has 0 aliphatic heterocycles. The Morgan fingerprint density at radius 3 is 0.878 bits per heavy atom. The molecule has 0 radical (unpaired) electrons. The first-order chi connectivity index (χ1) is 36.2. The summed E-state index contributed by atoms with van der Waals surface area (Å²) < 4.78 is 0. The molecule has 2 rings (SSSR count). The Morgan fingerprint density at radius 2 is 0.568 bits per heavy atom. The van der Waals surface area contributed by atoms with Gasteiger partial charge in [-0.15, -0.1) is 23.7 Å². The van der Waals surface area contributed by atoms with Gasteiger partial charge in [-0.2, -0.15) is 0 Å². The Morgan fingerprint density at radius 1 is 0.311 bits per heavy atom. The van der Waals surface area contributed by atoms with E-state index in [1.807, 2.05) is 0 Å². The summed E-state index contributed by atoms with van der Waals surface area (Å²) in [6.07, 6.45) is 65.5. The zero-order valence-corrected chi connectivity index (χ0v) is 50.5. The third-order valence-electron chi connectivity index (χ3n) is 15.3. The molecule has 0 bridgehead atoms. The van der Waals surface area contributed by atoms with Gasteiger partial charge in [-0.05, 0) is 81.5 Å². The molecule has 2 aromatic carbocycles. The van der Waals surface area contributed by atoms with Crippen LogP contribution in [0.4, 0.5) is 11.4 Å². The monoisotopic (exact) mass is 1060 g/mol. The number of rotatable bonds is 50. The minimum Gasteiger partial charge on any atom is -0.252 e. The first-order valence-electron chi connectivity index (χ1n) is 32.4. The van der Waals surface area contributed by atoms with Crippen molar-refractivity contribution in [2.75, 3.05) is 0 Å². The van der Waals surface area contributed by atoms with E-state index in [1.165, 1.54) is 255 Å². The number of hydrogen-bond donors (Lipinski definition) is 0. The SMILES string of the molecule is CCCCCCCCCCCCCCCCCCCCCC#CCCCc1ccccc1/N=C(CCCC)\C(C)=N\c1ccccc1CCCC#CCCCCCCCCCCCCCCCCCCCCC.[Ni]. The van der Waals surface area contributed by atoms with Gasteiger partial charge in [-0.3, -0.25) is 9.98 Å². The van der Waals surface area contributed by atoms with Gasteiger partial charge < -0.3 is 0 Å². The average Bonchev–Trinajstić information content (AvgIpc) is 3.40. The van der Waals surface area contributed by atoms with Crippen LogP contribution in [-0.4, -0.2) is 11.4 Å². The molecule has 74 heavy (non-hydrogen) atoms. The quantitative estimate of drug-likeness (QED) is 0.0273. The van der Waals surface area contributed by atoms with Crippen LogP contribution in [-0.2, 0) is 29.3 Å². The van der Waals surface area contributed by atoms with Gasteiger partial charge in [0.2, 0.25) is 0 Å². The van der Waals surface area contributed by atoms with Crippen LogP contribution in [0.1, 0.15) is 341 Å². The molecule has 0 heterocycles. The number of para-hydroxylation sites is 2. The molecule has 0 aliphatic carbocycles. The van der Waals surface area contributed by atoms with Crippen molar-refractivity contribution in [3.63, 3.8) is 0 Å². The van der Waals surface area contributed by atoms with Crippen molar-refractivity contribution >= 4 is 22.8 Å². The van der Waals surface area contributed by atoms with E-state index in [9.17, 15) is 0 Å². The van der Waals surface area contributed by atoms with E-state index in [4.69, 9.17) is 9.98 Å². The fourth-order valence-electron chi connectivity index (χ4n) is 10.4. The number of aryl methyl sites for hydroxylation is 2. The smallest absolute Gasteiger partial charge is 0.0665 e. The van der Waals surface area contributed by atoms with E-state index in [0.717, 1.165) is 93.4 Å². The van der Waals surface area contributed by atoms with Crippen molar-refractivity contribution in [2.45, 2.75) is 342 Å². The molecular weight excluding hydrogens is 939 g/mol. The maximum Gasteiger partial charge on any atom is 0.0665 e. The minimum atomic E-state index is 0. The fourth-order valence-corrected chi connectivity index (χ4v) is 10.4. The summed E-state index contributed by atoms with van der Waals surface area (Å²) in [7, 11) is 0. The molecule has 0 unspecified atom stereocenters. The topological polar surface area (TPSA) is 24.7 Å². The van der Waals surface area contributed by atoms with E-state index in [0.29, 0.717) is 0 Å². The first kappa shape index (κ1) is 69.4. The van der Waals surface area contributed by atoms with Gasteiger partial charge in [-0.1, -0.05) is 295 Å². The molecule has 0 N–H and O–H groups in total. The zero-order chi connectivity index (χ0) is 52.0. The van der Waals surface area contributed by atoms with Crippen molar-refractivity contribution < 1.29 is 16.5 Å². The van der Waals surface area contributed by atoms with Gasteiger partial charge in [0.1, 0.15) is 0 Å². The molecule has 0 saturated carbocycles. The summed E-state index contributed by atoms with van der Waals surface area (Å²) in [5, 5.41) is 0. The number of nitrogens with zero attached hydrogens (tertiary/aromatic N) is 2. The summed E-state index contributed by atoms with van der Waals surface area (Å²) in [4.78, 5) is 10.6. The molecule has 0 atom stereocenters. The van der Waals surface area contributed by atoms with Crippen LogP contribution in [0.25, 0.3) is 0 Å². The number of benzene rings is 2. The molecule has 422 valence electrons. The van der Waals surface area contributed by atoms with Gasteiger partial charge in [0.15, 0.2) is 0 Å². The maximum absolute atomic E-state index is 5.33. The number of unbranched alkanes of at least 4 members (excludes halogenated alkanes) is 41. The normalized spacial score (nSPS) is 11.6. The van der Waals surface area contributed by atoms with Crippen molar-refractivity contribution in [2.24, 2.45) is 9.98 Å². The Bertz CT molecular complexity index is 1710. The molecule has 0 spiro atoms. The van der Waals surface area contributed by atoms with Crippen LogP contribution in [0.2, 0.25) is 0 Å². The van der Waals surface area contributed by atoms with Gasteiger partial charge in [0.05, 0.1) is 22.8 Å². The summed E-state index contributed by atoms with van der Waals surface area (Å²) in [6, 6.07) is 17.5. The first-order valence-corrected chi connectivity index (χ1v) is 32.4. The third kappa shape index (κ3) is 42.5. The Balaban J connectivity index is 0.0000274. The number of aliphatic imine (C=N–C) groups is 2. The third-order valence-corrected chi connectivity index (χ3v) is 15.3. The fraction of sp³-hybridized carbons (Fsp3) is 0.746. The molecule has 0 aliphatic rings. The van der Waals surface area contributed by atoms with Crippen LogP contribution in [0.3, 0.4) is 0 Å². The molecule has 2 nitrogen and oxygen atoms in total. The maximum atomic E-state index is 5.33. The molecule has 2 aromatic rings. The van der Waals surface area contributed by atoms with Crippen LogP contribution >= 0.6 is 0 Å². The van der Waals surface area contributed by atoms with Gasteiger partial charge in [-0.25, -0.2) is 0 Å². The van der Waals surface area contributed by atoms with Crippen molar-refractivity contribution in [1.82, 2.24) is 0 Å². The molecule has 3 heteroatoms. The van der Waals surface area contributed by atoms with E-state index >= 15 is 0 Å². The Hall–Kier alpha value is -2.61. The van der Waals surface area contributed by atoms with E-state index in [-0.39, 0.29) is 16.5 Å². The largest absolute Gasteiger partial charge is 0.252 e. The molecular formula is C71H118N2Ni. The Kier molecular flexibility index (Phi) is 51.7. The van der Waals surface area contributed by atoms with Gasteiger partial charge >= 0.3 is 0 Å². The predicted molar refractivity (Wildman–Crippen MR) is 330 cm³/mol. The van der Waals surface area contributed by atoms with Crippen LogP contribution < -0.4 is 0 Å². The summed E-state index contributed by atoms with van der Waals surface area (Å²) >= 11 is 0. The number of hydrogen-bond acceptors (Lipinski definition) is 2. The standard InChI is InChI=1S/C71H118N2.Ni/c1-5-8-11-13-15-17-19-21-23-25-27-29-31-33-35-37-39-41-43-45-47-49-51-53-59-67-61-55-57-64-70(67)72-66(4)69(63-10-7-3)73-71-65-58-56-62-68(71)60-54-52-50-48-46-44-42-40-38-36-34-32-30-28-26-24-22-20-18-16-14-12-9-6-2;/h55-58,61-62,64-65H,5-46,51-54,59-60,63H2,1-4H3;/b72-66+,73-69-;. The summed E-state index contributed by atoms with van der Waals surface area (Å²) in [5.41, 5.74) is 6.96. The zero-order valence-electron chi connectivity index (χ0n) is 49.5. The predicted octanol–water partition coefficient (Wildman–Crippen LogP) is 24.0. The van der Waals surface area contributed by atoms with E-state index in [2.05, 4.69) is 99.9 Å². The van der Waals surface area contributed by atoms with Crippen molar-refractivity contribution in [3.05, 3.63) is 59.7 Å². The van der Waals surface area contributed by atoms with Crippen LogP contribution in [0.5, 0.6) is 0 Å². The van der Waals surface area contributed by atoms with E-state index in [1.54, 1.807) is 0 Å². The minimum absolute atomic E-state index is 0. The molecule has 0 saturated heterocycles. The second-order valence-corrected chi connectivity index (χ2v) is 22.3. The molecule has 0 fully saturated rings. The van der Waals surface area contributed by atoms with Crippen LogP contribution in [0, 0.1) is 23.7 Å². The van der Waals surface area contributed by atoms with Crippen molar-refractivity contribution in [1.29, 1.82) is 0 Å². The second kappa shape index (κ2) is 55.2. The Labute approximate surface area is 472 Å². The summed E-state index contributed by atoms with van der Waals surface area (Å²) in [5.74, 6) is 13.9. The molecule has 0 amide bonds. The second-order valence-electron chi connectivity index (χ2n) is 22.3.